The predicted octanol–water partition coefficient (Wildman–Crippen LogP) is 4.82. The van der Waals surface area contributed by atoms with E-state index < -0.39 is 11.7 Å². The van der Waals surface area contributed by atoms with Gasteiger partial charge in [-0.3, -0.25) is 10.2 Å². The van der Waals surface area contributed by atoms with Gasteiger partial charge in [0.1, 0.15) is 0 Å². The van der Waals surface area contributed by atoms with Gasteiger partial charge in [0.05, 0.1) is 5.56 Å². The Bertz CT molecular complexity index is 1390. The molecule has 0 spiro atoms. The van der Waals surface area contributed by atoms with Crippen molar-refractivity contribution < 1.29 is 22.6 Å². The van der Waals surface area contributed by atoms with Gasteiger partial charge in [-0.2, -0.15) is 18.2 Å². The molecule has 0 bridgehead atoms. The van der Waals surface area contributed by atoms with Gasteiger partial charge in [-0.25, -0.2) is 9.97 Å². The summed E-state index contributed by atoms with van der Waals surface area (Å²) >= 11 is 5.44. The first-order valence-electron chi connectivity index (χ1n) is 12.6. The van der Waals surface area contributed by atoms with Gasteiger partial charge < -0.3 is 19.7 Å². The zero-order valence-corrected chi connectivity index (χ0v) is 22.8. The highest BCUT2D eigenvalue weighted by atomic mass is 32.1. The molecule has 3 heterocycles. The van der Waals surface area contributed by atoms with Crippen molar-refractivity contribution in [2.75, 3.05) is 43.6 Å². The predicted molar refractivity (Wildman–Crippen MR) is 150 cm³/mol. The molecular formula is C27H28F3N7O2S. The van der Waals surface area contributed by atoms with Crippen LogP contribution in [0.2, 0.25) is 0 Å². The number of halogens is 3. The first-order chi connectivity index (χ1) is 19.1. The number of rotatable bonds is 4. The normalized spacial score (nSPS) is 15.7. The van der Waals surface area contributed by atoms with Crippen LogP contribution in [0.5, 0.6) is 11.5 Å². The minimum Gasteiger partial charge on any atom is -0.454 e. The summed E-state index contributed by atoms with van der Waals surface area (Å²) in [5, 5.41) is 6.19. The molecule has 5 rings (SSSR count). The van der Waals surface area contributed by atoms with Gasteiger partial charge in [0.15, 0.2) is 11.5 Å². The van der Waals surface area contributed by atoms with Crippen LogP contribution < -0.4 is 20.1 Å². The molecule has 9 nitrogen and oxygen atoms in total. The standard InChI is InChI=1S/C27H28F3N7O2S/c1-17-13-18(2)32-24(31-17)34-25(35-26(40)33-21-6-4-20(5-7-21)27(28,29)30)37-11-9-36(10-12-37)15-19-3-8-22-23(14-19)39-16-38-22/h3-8,13-14H,9-12,15-16H2,1-2H3,(H2,31,32,33,34,35,40). The third kappa shape index (κ3) is 6.96. The SMILES string of the molecule is Cc1cc(C)nc(N/C(=N/C(=S)Nc2ccc(C(F)(F)F)cc2)N2CCN(Cc3ccc4c(c3)OCO4)CC2)n1. The van der Waals surface area contributed by atoms with Crippen LogP contribution in [0.4, 0.5) is 24.8 Å². The van der Waals surface area contributed by atoms with E-state index in [4.69, 9.17) is 21.7 Å². The molecule has 2 N–H and O–H groups in total. The number of fused-ring (bicyclic) bond motifs is 1. The number of anilines is 2. The summed E-state index contributed by atoms with van der Waals surface area (Å²) in [7, 11) is 0. The number of thiocarbonyl (C=S) groups is 1. The van der Waals surface area contributed by atoms with E-state index in [2.05, 4.69) is 35.4 Å². The van der Waals surface area contributed by atoms with E-state index in [-0.39, 0.29) is 11.9 Å². The molecule has 1 aromatic heterocycles. The van der Waals surface area contributed by atoms with Crippen LogP contribution >= 0.6 is 12.2 Å². The number of guanidine groups is 1. The molecule has 0 radical (unpaired) electrons. The second kappa shape index (κ2) is 11.6. The molecule has 1 fully saturated rings. The van der Waals surface area contributed by atoms with Crippen molar-refractivity contribution >= 4 is 34.9 Å². The molecule has 13 heteroatoms. The Balaban J connectivity index is 1.28. The summed E-state index contributed by atoms with van der Waals surface area (Å²) in [5.74, 6) is 2.36. The first-order valence-corrected chi connectivity index (χ1v) is 13.1. The Morgan fingerprint density at radius 2 is 1.60 bits per heavy atom. The lowest BCUT2D eigenvalue weighted by Gasteiger charge is -2.36. The average Bonchev–Trinajstić information content (AvgIpc) is 3.36. The minimum atomic E-state index is -4.41. The lowest BCUT2D eigenvalue weighted by Crippen LogP contribution is -2.50. The highest BCUT2D eigenvalue weighted by Crippen LogP contribution is 2.33. The fourth-order valence-corrected chi connectivity index (χ4v) is 4.67. The number of aliphatic imine (C=N–C) groups is 1. The molecule has 0 unspecified atom stereocenters. The topological polar surface area (TPSA) is 87.1 Å². The Morgan fingerprint density at radius 1 is 0.925 bits per heavy atom. The second-order valence-electron chi connectivity index (χ2n) is 9.49. The number of nitrogens with zero attached hydrogens (tertiary/aromatic N) is 5. The maximum Gasteiger partial charge on any atom is 0.416 e. The van der Waals surface area contributed by atoms with Crippen molar-refractivity contribution in [2.45, 2.75) is 26.6 Å². The summed E-state index contributed by atoms with van der Waals surface area (Å²) in [5.41, 5.74) is 2.40. The van der Waals surface area contributed by atoms with E-state index >= 15 is 0 Å². The zero-order valence-electron chi connectivity index (χ0n) is 22.0. The van der Waals surface area contributed by atoms with E-state index in [1.807, 2.05) is 38.1 Å². The van der Waals surface area contributed by atoms with Crippen LogP contribution in [0.3, 0.4) is 0 Å². The summed E-state index contributed by atoms with van der Waals surface area (Å²) < 4.78 is 49.7. The molecule has 210 valence electrons. The Kier molecular flexibility index (Phi) is 8.03. The molecule has 2 aliphatic heterocycles. The molecule has 2 aromatic carbocycles. The lowest BCUT2D eigenvalue weighted by molar-refractivity contribution is -0.137. The third-order valence-corrected chi connectivity index (χ3v) is 6.59. The summed E-state index contributed by atoms with van der Waals surface area (Å²) in [6.07, 6.45) is -4.41. The van der Waals surface area contributed by atoms with Gasteiger partial charge in [0, 0.05) is 49.8 Å². The number of aryl methyl sites for hydroxylation is 2. The van der Waals surface area contributed by atoms with Gasteiger partial charge in [-0.05, 0) is 74.1 Å². The maximum absolute atomic E-state index is 12.9. The number of piperazine rings is 1. The van der Waals surface area contributed by atoms with Crippen molar-refractivity contribution in [2.24, 2.45) is 4.99 Å². The number of aromatic nitrogens is 2. The van der Waals surface area contributed by atoms with Crippen LogP contribution in [0, 0.1) is 13.8 Å². The van der Waals surface area contributed by atoms with Crippen molar-refractivity contribution in [3.63, 3.8) is 0 Å². The van der Waals surface area contributed by atoms with Crippen molar-refractivity contribution in [1.29, 1.82) is 0 Å². The van der Waals surface area contributed by atoms with E-state index in [0.717, 1.165) is 60.2 Å². The Labute approximate surface area is 235 Å². The quantitative estimate of drug-likeness (QED) is 0.260. The largest absolute Gasteiger partial charge is 0.454 e. The van der Waals surface area contributed by atoms with Crippen LogP contribution in [-0.2, 0) is 12.7 Å². The van der Waals surface area contributed by atoms with Crippen LogP contribution in [0.1, 0.15) is 22.5 Å². The number of ether oxygens (including phenoxy) is 2. The number of hydrogen-bond donors (Lipinski definition) is 2. The van der Waals surface area contributed by atoms with E-state index in [1.165, 1.54) is 12.1 Å². The van der Waals surface area contributed by atoms with Crippen LogP contribution in [0.25, 0.3) is 0 Å². The van der Waals surface area contributed by atoms with Gasteiger partial charge >= 0.3 is 6.18 Å². The number of alkyl halides is 3. The molecule has 0 atom stereocenters. The van der Waals surface area contributed by atoms with Crippen LogP contribution in [-0.4, -0.2) is 63.8 Å². The maximum atomic E-state index is 12.9. The first kappa shape index (κ1) is 27.6. The molecule has 1 saturated heterocycles. The van der Waals surface area contributed by atoms with E-state index in [9.17, 15) is 13.2 Å². The Morgan fingerprint density at radius 3 is 2.27 bits per heavy atom. The zero-order chi connectivity index (χ0) is 28.3. The summed E-state index contributed by atoms with van der Waals surface area (Å²) in [4.78, 5) is 17.9. The van der Waals surface area contributed by atoms with E-state index in [0.29, 0.717) is 30.7 Å². The molecule has 0 saturated carbocycles. The smallest absolute Gasteiger partial charge is 0.416 e. The molecule has 3 aromatic rings. The van der Waals surface area contributed by atoms with Crippen molar-refractivity contribution in [1.82, 2.24) is 19.8 Å². The molecule has 2 aliphatic rings. The number of hydrogen-bond acceptors (Lipinski definition) is 6. The van der Waals surface area contributed by atoms with Gasteiger partial charge in [0.2, 0.25) is 23.8 Å². The van der Waals surface area contributed by atoms with Crippen molar-refractivity contribution in [3.05, 3.63) is 71.0 Å². The van der Waals surface area contributed by atoms with Crippen LogP contribution in [0.15, 0.2) is 53.5 Å². The van der Waals surface area contributed by atoms with Gasteiger partial charge in [0.25, 0.3) is 0 Å². The number of nitrogens with one attached hydrogen (secondary N) is 2. The van der Waals surface area contributed by atoms with E-state index in [1.54, 1.807) is 0 Å². The van der Waals surface area contributed by atoms with Crippen molar-refractivity contribution in [3.8, 4) is 11.5 Å². The fraction of sp³-hybridized carbons (Fsp3) is 0.333. The fourth-order valence-electron chi connectivity index (χ4n) is 4.47. The molecular weight excluding hydrogens is 543 g/mol. The highest BCUT2D eigenvalue weighted by Gasteiger charge is 2.30. The Hall–Kier alpha value is -3.97. The number of benzene rings is 2. The molecule has 40 heavy (non-hydrogen) atoms. The van der Waals surface area contributed by atoms with Gasteiger partial charge in [-0.15, -0.1) is 0 Å². The third-order valence-electron chi connectivity index (χ3n) is 6.39. The monoisotopic (exact) mass is 571 g/mol. The molecule has 0 amide bonds. The minimum absolute atomic E-state index is 0.0921. The molecule has 0 aliphatic carbocycles. The highest BCUT2D eigenvalue weighted by molar-refractivity contribution is 7.80. The summed E-state index contributed by atoms with van der Waals surface area (Å²) in [6.45, 7) is 7.60. The summed E-state index contributed by atoms with van der Waals surface area (Å²) in [6, 6.07) is 12.5. The lowest BCUT2D eigenvalue weighted by atomic mass is 10.1. The average molecular weight is 572 g/mol. The second-order valence-corrected chi connectivity index (χ2v) is 9.88. The van der Waals surface area contributed by atoms with Gasteiger partial charge in [-0.1, -0.05) is 6.07 Å².